The molecule has 6 nitrogen and oxygen atoms in total. The molecule has 2 saturated carbocycles. The topological polar surface area (TPSA) is 86.3 Å². The van der Waals surface area contributed by atoms with Gasteiger partial charge in [-0.15, -0.1) is 11.3 Å². The Morgan fingerprint density at radius 1 is 1.02 bits per heavy atom. The summed E-state index contributed by atoms with van der Waals surface area (Å²) >= 11 is 1.77. The van der Waals surface area contributed by atoms with Crippen molar-refractivity contribution in [1.82, 2.24) is 14.9 Å². The first-order chi connectivity index (χ1) is 22.1. The zero-order valence-electron chi connectivity index (χ0n) is 25.4. The van der Waals surface area contributed by atoms with Crippen LogP contribution < -0.4 is 5.56 Å². The van der Waals surface area contributed by atoms with E-state index < -0.39 is 23.8 Å². The number of carbonyl (C=O) groups excluding carboxylic acids is 1. The van der Waals surface area contributed by atoms with Crippen LogP contribution in [0.1, 0.15) is 102 Å². The van der Waals surface area contributed by atoms with Crippen LogP contribution in [0.4, 0.5) is 13.2 Å². The predicted molar refractivity (Wildman–Crippen MR) is 171 cm³/mol. The minimum Gasteiger partial charge on any atom is -0.378 e. The fourth-order valence-corrected chi connectivity index (χ4v) is 8.35. The van der Waals surface area contributed by atoms with Gasteiger partial charge in [0.15, 0.2) is 6.10 Å². The number of amides is 1. The molecule has 0 spiro atoms. The number of aromatic amines is 1. The minimum atomic E-state index is -4.49. The molecule has 1 amide bonds. The maximum atomic E-state index is 13.6. The highest BCUT2D eigenvalue weighted by Gasteiger charge is 2.50. The number of H-pyrrole nitrogens is 1. The average Bonchev–Trinajstić information content (AvgIpc) is 3.78. The maximum Gasteiger partial charge on any atom is 0.416 e. The van der Waals surface area contributed by atoms with Crippen LogP contribution in [-0.4, -0.2) is 32.4 Å². The van der Waals surface area contributed by atoms with E-state index >= 15 is 0 Å². The number of hydrogen-bond acceptors (Lipinski definition) is 5. The maximum absolute atomic E-state index is 13.6. The molecule has 10 heteroatoms. The fourth-order valence-electron chi connectivity index (χ4n) is 7.09. The number of hydrogen-bond donors (Lipinski definition) is 2. The van der Waals surface area contributed by atoms with Gasteiger partial charge in [0.25, 0.3) is 11.5 Å². The molecule has 2 aromatic carbocycles. The predicted octanol–water partition coefficient (Wildman–Crippen LogP) is 7.65. The van der Waals surface area contributed by atoms with Crippen LogP contribution >= 0.6 is 11.3 Å². The van der Waals surface area contributed by atoms with Gasteiger partial charge >= 0.3 is 6.18 Å². The van der Waals surface area contributed by atoms with Gasteiger partial charge in [-0.05, 0) is 96.3 Å². The highest BCUT2D eigenvalue weighted by Crippen LogP contribution is 2.54. The molecule has 1 atom stereocenters. The number of halogens is 3. The Morgan fingerprint density at radius 2 is 1.76 bits per heavy atom. The van der Waals surface area contributed by atoms with Crippen molar-refractivity contribution in [2.45, 2.75) is 87.9 Å². The third-order valence-electron chi connectivity index (χ3n) is 9.93. The normalized spacial score (nSPS) is 18.9. The number of nitrogens with one attached hydrogen (secondary N) is 1. The van der Waals surface area contributed by atoms with Gasteiger partial charge in [-0.25, -0.2) is 4.98 Å². The second-order valence-corrected chi connectivity index (χ2v) is 13.9. The number of nitrogens with zero attached hydrogens (tertiary/aromatic N) is 2. The number of aliphatic hydroxyl groups is 1. The monoisotopic (exact) mass is 647 g/mol. The molecule has 0 bridgehead atoms. The average molecular weight is 648 g/mol. The summed E-state index contributed by atoms with van der Waals surface area (Å²) in [5.41, 5.74) is 2.32. The molecule has 1 aliphatic heterocycles. The van der Waals surface area contributed by atoms with E-state index in [4.69, 9.17) is 4.98 Å². The molecule has 4 aromatic rings. The van der Waals surface area contributed by atoms with Crippen molar-refractivity contribution in [3.8, 4) is 11.1 Å². The Morgan fingerprint density at radius 3 is 2.50 bits per heavy atom. The second-order valence-electron chi connectivity index (χ2n) is 13.0. The number of fused-ring (bicyclic) bond motifs is 1. The van der Waals surface area contributed by atoms with E-state index in [9.17, 15) is 27.9 Å². The van der Waals surface area contributed by atoms with Crippen molar-refractivity contribution in [3.63, 3.8) is 0 Å². The molecule has 0 unspecified atom stereocenters. The molecule has 2 N–H and O–H groups in total. The van der Waals surface area contributed by atoms with Crippen molar-refractivity contribution in [1.29, 1.82) is 0 Å². The lowest BCUT2D eigenvalue weighted by Gasteiger charge is -2.24. The first-order valence-corrected chi connectivity index (χ1v) is 17.0. The van der Waals surface area contributed by atoms with E-state index in [1.165, 1.54) is 59.6 Å². The Balaban J connectivity index is 1.10. The number of aliphatic hydroxyl groups excluding tert-OH is 1. The summed E-state index contributed by atoms with van der Waals surface area (Å²) in [7, 11) is 0. The van der Waals surface area contributed by atoms with Crippen LogP contribution in [0, 0.1) is 0 Å². The lowest BCUT2D eigenvalue weighted by Crippen LogP contribution is -2.36. The summed E-state index contributed by atoms with van der Waals surface area (Å²) in [5.74, 6) is 0.764. The van der Waals surface area contributed by atoms with Crippen LogP contribution in [-0.2, 0) is 29.4 Å². The molecule has 2 fully saturated rings. The summed E-state index contributed by atoms with van der Waals surface area (Å²) in [5, 5.41) is 13.4. The Kier molecular flexibility index (Phi) is 8.13. The number of alkyl halides is 3. The Hall–Kier alpha value is -3.76. The molecule has 0 saturated heterocycles. The molecule has 2 aliphatic carbocycles. The Bertz CT molecular complexity index is 1820. The molecule has 240 valence electrons. The highest BCUT2D eigenvalue weighted by atomic mass is 32.1. The van der Waals surface area contributed by atoms with E-state index in [2.05, 4.69) is 16.4 Å². The smallest absolute Gasteiger partial charge is 0.378 e. The molecule has 46 heavy (non-hydrogen) atoms. The summed E-state index contributed by atoms with van der Waals surface area (Å²) in [6.45, 7) is 0.369. The standard InChI is InChI=1S/C36H36F3N3O3S/c37-36(38,39)27-12-5-10-24(18-27)23-9-4-11-25(17-23)31(43)33(45)42-16-6-13-29-28(20-42)32(44)41-34(40-29)35(14-15-35)30-19-26(21-46-30)22-7-2-1-3-8-22/h4-5,9-12,17-19,21-22,31,43H,1-3,6-8,13-16,20H2,(H,40,41,44)/t31-/m1/s1. The first-order valence-electron chi connectivity index (χ1n) is 16.1. The molecule has 3 aliphatic rings. The summed E-state index contributed by atoms with van der Waals surface area (Å²) in [6, 6.07) is 13.6. The molecule has 0 radical (unpaired) electrons. The SMILES string of the molecule is O=C([C@H](O)c1cccc(-c2cccc(C(F)(F)F)c2)c1)N1CCCc2nc(C3(c4cc(C5CCCCC5)cs4)CC3)[nH]c(=O)c2C1. The van der Waals surface area contributed by atoms with Gasteiger partial charge in [-0.3, -0.25) is 9.59 Å². The van der Waals surface area contributed by atoms with Crippen molar-refractivity contribution in [2.75, 3.05) is 6.54 Å². The number of thiophene rings is 1. The molecule has 2 aromatic heterocycles. The largest absolute Gasteiger partial charge is 0.416 e. The lowest BCUT2D eigenvalue weighted by molar-refractivity contribution is -0.141. The van der Waals surface area contributed by atoms with Crippen LogP contribution in [0.25, 0.3) is 11.1 Å². The van der Waals surface area contributed by atoms with Crippen molar-refractivity contribution < 1.29 is 23.1 Å². The van der Waals surface area contributed by atoms with Crippen LogP contribution in [0.5, 0.6) is 0 Å². The van der Waals surface area contributed by atoms with Gasteiger partial charge < -0.3 is 15.0 Å². The van der Waals surface area contributed by atoms with E-state index in [0.29, 0.717) is 53.5 Å². The minimum absolute atomic E-state index is 0.0268. The lowest BCUT2D eigenvalue weighted by atomic mass is 9.85. The third kappa shape index (κ3) is 5.93. The van der Waals surface area contributed by atoms with E-state index in [1.807, 2.05) is 0 Å². The van der Waals surface area contributed by atoms with Gasteiger partial charge in [0.05, 0.1) is 28.8 Å². The van der Waals surface area contributed by atoms with Gasteiger partial charge in [0.1, 0.15) is 5.82 Å². The fraction of sp³-hybridized carbons (Fsp3) is 0.417. The zero-order chi connectivity index (χ0) is 32.1. The summed E-state index contributed by atoms with van der Waals surface area (Å²) in [6.07, 6.45) is 3.35. The molecule has 3 heterocycles. The number of aryl methyl sites for hydroxylation is 1. The van der Waals surface area contributed by atoms with Crippen molar-refractivity contribution in [2.24, 2.45) is 0 Å². The van der Waals surface area contributed by atoms with Gasteiger partial charge in [0, 0.05) is 11.4 Å². The quantitative estimate of drug-likeness (QED) is 0.225. The molecular formula is C36H36F3N3O3S. The third-order valence-corrected chi connectivity index (χ3v) is 11.1. The van der Waals surface area contributed by atoms with Crippen LogP contribution in [0.3, 0.4) is 0 Å². The van der Waals surface area contributed by atoms with Gasteiger partial charge in [0.2, 0.25) is 0 Å². The zero-order valence-corrected chi connectivity index (χ0v) is 26.2. The molecular weight excluding hydrogens is 611 g/mol. The van der Waals surface area contributed by atoms with Gasteiger partial charge in [-0.2, -0.15) is 13.2 Å². The number of rotatable bonds is 6. The Labute approximate surface area is 269 Å². The number of benzene rings is 2. The van der Waals surface area contributed by atoms with E-state index in [-0.39, 0.29) is 23.1 Å². The molecule has 7 rings (SSSR count). The van der Waals surface area contributed by atoms with E-state index in [0.717, 1.165) is 25.0 Å². The first kappa shape index (κ1) is 30.9. The summed E-state index contributed by atoms with van der Waals surface area (Å²) < 4.78 is 39.8. The van der Waals surface area contributed by atoms with Gasteiger partial charge in [-0.1, -0.05) is 49.6 Å². The van der Waals surface area contributed by atoms with Crippen LogP contribution in [0.2, 0.25) is 0 Å². The van der Waals surface area contributed by atoms with Crippen molar-refractivity contribution in [3.05, 3.63) is 109 Å². The van der Waals surface area contributed by atoms with Crippen molar-refractivity contribution >= 4 is 17.2 Å². The van der Waals surface area contributed by atoms with E-state index in [1.54, 1.807) is 35.6 Å². The highest BCUT2D eigenvalue weighted by molar-refractivity contribution is 7.10. The second kappa shape index (κ2) is 12.1. The van der Waals surface area contributed by atoms with Crippen LogP contribution in [0.15, 0.2) is 64.8 Å². The number of carbonyl (C=O) groups is 1. The number of aromatic nitrogens is 2. The summed E-state index contributed by atoms with van der Waals surface area (Å²) in [4.78, 5) is 37.9.